The lowest BCUT2D eigenvalue weighted by Gasteiger charge is -2.05. The van der Waals surface area contributed by atoms with Crippen molar-refractivity contribution < 1.29 is 0 Å². The summed E-state index contributed by atoms with van der Waals surface area (Å²) in [5, 5.41) is 5.03. The Balaban J connectivity index is 1.76. The van der Waals surface area contributed by atoms with Crippen molar-refractivity contribution in [2.75, 3.05) is 0 Å². The van der Waals surface area contributed by atoms with Crippen LogP contribution in [0.25, 0.3) is 43.7 Å². The van der Waals surface area contributed by atoms with E-state index in [0.717, 1.165) is 16.7 Å². The first-order chi connectivity index (χ1) is 11.8. The lowest BCUT2D eigenvalue weighted by atomic mass is 9.99. The Kier molecular flexibility index (Phi) is 2.74. The second-order valence-corrected chi connectivity index (χ2v) is 6.27. The van der Waals surface area contributed by atoms with E-state index in [1.165, 1.54) is 32.7 Å². The molecule has 2 heteroatoms. The first-order valence-corrected chi connectivity index (χ1v) is 8.16. The number of hydrogen-bond acceptors (Lipinski definition) is 1. The molecule has 2 aromatic heterocycles. The highest BCUT2D eigenvalue weighted by Gasteiger charge is 2.08. The molecule has 2 nitrogen and oxygen atoms in total. The number of benzene rings is 3. The summed E-state index contributed by atoms with van der Waals surface area (Å²) in [5.74, 6) is 0. The van der Waals surface area contributed by atoms with Crippen LogP contribution in [-0.2, 0) is 0 Å². The highest BCUT2D eigenvalue weighted by Crippen LogP contribution is 2.31. The third-order valence-corrected chi connectivity index (χ3v) is 4.79. The van der Waals surface area contributed by atoms with Gasteiger partial charge in [-0.2, -0.15) is 0 Å². The molecule has 3 aromatic carbocycles. The molecule has 0 saturated heterocycles. The minimum Gasteiger partial charge on any atom is -0.353 e. The summed E-state index contributed by atoms with van der Waals surface area (Å²) in [6, 6.07) is 23.9. The lowest BCUT2D eigenvalue weighted by molar-refractivity contribution is 1.22. The second kappa shape index (κ2) is 4.93. The SMILES string of the molecule is Cc1nccc2c1[nH]c1ccc(-c3ccc4ccccc4c3)cc12. The summed E-state index contributed by atoms with van der Waals surface area (Å²) in [6.07, 6.45) is 1.88. The van der Waals surface area contributed by atoms with E-state index in [2.05, 4.69) is 76.7 Å². The fraction of sp³-hybridized carbons (Fsp3) is 0.0455. The fourth-order valence-electron chi connectivity index (χ4n) is 3.51. The predicted octanol–water partition coefficient (Wildman–Crippen LogP) is 5.84. The van der Waals surface area contributed by atoms with Crippen LogP contribution in [0.4, 0.5) is 0 Å². The van der Waals surface area contributed by atoms with Gasteiger partial charge in [-0.05, 0) is 53.1 Å². The molecule has 114 valence electrons. The number of aryl methyl sites for hydroxylation is 1. The molecule has 0 aliphatic carbocycles. The fourth-order valence-corrected chi connectivity index (χ4v) is 3.51. The molecule has 2 heterocycles. The number of nitrogens with zero attached hydrogens (tertiary/aromatic N) is 1. The summed E-state index contributed by atoms with van der Waals surface area (Å²) in [7, 11) is 0. The number of pyridine rings is 1. The van der Waals surface area contributed by atoms with E-state index in [4.69, 9.17) is 0 Å². The molecule has 0 aliphatic rings. The third-order valence-electron chi connectivity index (χ3n) is 4.79. The van der Waals surface area contributed by atoms with Gasteiger partial charge in [0.15, 0.2) is 0 Å². The van der Waals surface area contributed by atoms with Gasteiger partial charge < -0.3 is 4.98 Å². The molecule has 24 heavy (non-hydrogen) atoms. The Morgan fingerprint density at radius 2 is 1.54 bits per heavy atom. The lowest BCUT2D eigenvalue weighted by Crippen LogP contribution is -1.80. The molecule has 0 bridgehead atoms. The van der Waals surface area contributed by atoms with Crippen molar-refractivity contribution in [3.05, 3.63) is 78.6 Å². The van der Waals surface area contributed by atoms with Crippen LogP contribution in [0.1, 0.15) is 5.69 Å². The van der Waals surface area contributed by atoms with E-state index in [1.807, 2.05) is 13.1 Å². The van der Waals surface area contributed by atoms with Gasteiger partial charge in [-0.3, -0.25) is 4.98 Å². The van der Waals surface area contributed by atoms with Crippen LogP contribution >= 0.6 is 0 Å². The van der Waals surface area contributed by atoms with Gasteiger partial charge in [0, 0.05) is 22.5 Å². The highest BCUT2D eigenvalue weighted by atomic mass is 14.8. The van der Waals surface area contributed by atoms with Gasteiger partial charge in [0.2, 0.25) is 0 Å². The minimum absolute atomic E-state index is 1.04. The van der Waals surface area contributed by atoms with Crippen molar-refractivity contribution in [3.63, 3.8) is 0 Å². The Bertz CT molecular complexity index is 1210. The van der Waals surface area contributed by atoms with Crippen LogP contribution < -0.4 is 0 Å². The smallest absolute Gasteiger partial charge is 0.0681 e. The number of rotatable bonds is 1. The molecule has 5 rings (SSSR count). The zero-order chi connectivity index (χ0) is 16.1. The number of fused-ring (bicyclic) bond motifs is 4. The number of hydrogen-bond donors (Lipinski definition) is 1. The van der Waals surface area contributed by atoms with E-state index >= 15 is 0 Å². The van der Waals surface area contributed by atoms with Gasteiger partial charge in [0.25, 0.3) is 0 Å². The van der Waals surface area contributed by atoms with Crippen molar-refractivity contribution in [3.8, 4) is 11.1 Å². The van der Waals surface area contributed by atoms with E-state index < -0.39 is 0 Å². The van der Waals surface area contributed by atoms with Crippen LogP contribution in [-0.4, -0.2) is 9.97 Å². The van der Waals surface area contributed by atoms with E-state index in [1.54, 1.807) is 0 Å². The molecule has 0 radical (unpaired) electrons. The summed E-state index contributed by atoms with van der Waals surface area (Å²) in [6.45, 7) is 2.04. The van der Waals surface area contributed by atoms with Gasteiger partial charge in [-0.1, -0.05) is 42.5 Å². The van der Waals surface area contributed by atoms with Crippen LogP contribution in [0.3, 0.4) is 0 Å². The van der Waals surface area contributed by atoms with Crippen LogP contribution in [0.5, 0.6) is 0 Å². The zero-order valence-corrected chi connectivity index (χ0v) is 13.4. The maximum absolute atomic E-state index is 4.39. The maximum atomic E-state index is 4.39. The van der Waals surface area contributed by atoms with Crippen LogP contribution in [0.15, 0.2) is 72.9 Å². The highest BCUT2D eigenvalue weighted by molar-refractivity contribution is 6.09. The van der Waals surface area contributed by atoms with Gasteiger partial charge >= 0.3 is 0 Å². The summed E-state index contributed by atoms with van der Waals surface area (Å²) < 4.78 is 0. The molecule has 1 N–H and O–H groups in total. The standard InChI is InChI=1S/C22H16N2/c1-14-22-19(10-11-23-14)20-13-18(8-9-21(20)24-22)17-7-6-15-4-2-3-5-16(15)12-17/h2-13,24H,1H3. The topological polar surface area (TPSA) is 28.7 Å². The average molecular weight is 308 g/mol. The normalized spacial score (nSPS) is 11.5. The molecule has 0 unspecified atom stereocenters. The Labute approximate surface area is 139 Å². The summed E-state index contributed by atoms with van der Waals surface area (Å²) in [4.78, 5) is 7.88. The minimum atomic E-state index is 1.04. The molecule has 0 aliphatic heterocycles. The van der Waals surface area contributed by atoms with E-state index in [9.17, 15) is 0 Å². The number of nitrogens with one attached hydrogen (secondary N) is 1. The van der Waals surface area contributed by atoms with Gasteiger partial charge in [-0.25, -0.2) is 0 Å². The molecule has 0 fully saturated rings. The van der Waals surface area contributed by atoms with Crippen molar-refractivity contribution >= 4 is 32.6 Å². The average Bonchev–Trinajstić information content (AvgIpc) is 3.01. The third kappa shape index (κ3) is 1.93. The van der Waals surface area contributed by atoms with Crippen molar-refractivity contribution in [2.45, 2.75) is 6.92 Å². The van der Waals surface area contributed by atoms with E-state index in [-0.39, 0.29) is 0 Å². The number of H-pyrrole nitrogens is 1. The molecule has 0 spiro atoms. The summed E-state index contributed by atoms with van der Waals surface area (Å²) in [5.41, 5.74) is 5.81. The molecular weight excluding hydrogens is 292 g/mol. The Hall–Kier alpha value is -3.13. The van der Waals surface area contributed by atoms with Crippen LogP contribution in [0, 0.1) is 6.92 Å². The van der Waals surface area contributed by atoms with Gasteiger partial charge in [0.05, 0.1) is 11.2 Å². The number of aromatic nitrogens is 2. The zero-order valence-electron chi connectivity index (χ0n) is 13.4. The van der Waals surface area contributed by atoms with Crippen molar-refractivity contribution in [1.29, 1.82) is 0 Å². The number of aromatic amines is 1. The molecular formula is C22H16N2. The second-order valence-electron chi connectivity index (χ2n) is 6.27. The van der Waals surface area contributed by atoms with E-state index in [0.29, 0.717) is 0 Å². The predicted molar refractivity (Wildman–Crippen MR) is 101 cm³/mol. The van der Waals surface area contributed by atoms with Gasteiger partial charge in [0.1, 0.15) is 0 Å². The Morgan fingerprint density at radius 3 is 2.46 bits per heavy atom. The molecule has 5 aromatic rings. The molecule has 0 atom stereocenters. The first-order valence-electron chi connectivity index (χ1n) is 8.16. The monoisotopic (exact) mass is 308 g/mol. The largest absolute Gasteiger partial charge is 0.353 e. The van der Waals surface area contributed by atoms with Gasteiger partial charge in [-0.15, -0.1) is 0 Å². The molecule has 0 amide bonds. The molecule has 0 saturated carbocycles. The Morgan fingerprint density at radius 1 is 0.750 bits per heavy atom. The van der Waals surface area contributed by atoms with Crippen molar-refractivity contribution in [1.82, 2.24) is 9.97 Å². The van der Waals surface area contributed by atoms with Crippen LogP contribution in [0.2, 0.25) is 0 Å². The quantitative estimate of drug-likeness (QED) is 0.414. The summed E-state index contributed by atoms with van der Waals surface area (Å²) >= 11 is 0. The van der Waals surface area contributed by atoms with Crippen molar-refractivity contribution in [2.24, 2.45) is 0 Å². The first kappa shape index (κ1) is 13.3. The maximum Gasteiger partial charge on any atom is 0.0681 e.